The maximum atomic E-state index is 9.48. The van der Waals surface area contributed by atoms with Crippen LogP contribution in [0.25, 0.3) is 167 Å². The number of benzene rings is 15. The van der Waals surface area contributed by atoms with Gasteiger partial charge in [-0.05, 0) is 147 Å². The van der Waals surface area contributed by atoms with Crippen molar-refractivity contribution in [3.8, 4) is 124 Å². The molecule has 0 bridgehead atoms. The Balaban J connectivity index is 0.000000173. The molecule has 0 amide bonds. The largest absolute Gasteiger partial charge is 0.208 e. The van der Waals surface area contributed by atoms with Gasteiger partial charge in [0.15, 0.2) is 34.9 Å². The van der Waals surface area contributed by atoms with Gasteiger partial charge >= 0.3 is 0 Å². The first-order valence-electron chi connectivity index (χ1n) is 40.4. The first-order valence-corrected chi connectivity index (χ1v) is 29.9. The molecule has 440 valence electrons. The molecule has 0 aliphatic rings. The van der Waals surface area contributed by atoms with Crippen LogP contribution in [0.15, 0.2) is 351 Å². The van der Waals surface area contributed by atoms with Crippen LogP contribution < -0.4 is 0 Å². The SMILES string of the molecule is [2H]c1c([2H])c([2H])c(-c2ccc(-c3nc(-c4ccccc4)nc(-c4c([2H])c([2H])c([2H])c(-c5ccc6cc(-c7ccc8ccccc8c7)ccc6c5)c4[2H])n3)cc2)c([2H])c1[2H].[2H]c1cc2ccccc2cc1-c1cc2ccc(-c3cccc(-c4nc(-c5c([2H])c([2H])c([2H])c([2H])c5[2H])nc(-c5c([2H])c([2H])c([2H])c([2H])c5[2H])n4)c3)cc2cc1[2H]. The number of rotatable bonds is 11. The quantitative estimate of drug-likeness (QED) is 0.128. The van der Waals surface area contributed by atoms with E-state index in [1.54, 1.807) is 54.6 Å². The molecule has 0 saturated heterocycles. The molecule has 94 heavy (non-hydrogen) atoms. The highest BCUT2D eigenvalue weighted by Gasteiger charge is 2.17. The van der Waals surface area contributed by atoms with Crippen LogP contribution in [0.5, 0.6) is 0 Å². The van der Waals surface area contributed by atoms with Crippen molar-refractivity contribution in [3.63, 3.8) is 0 Å². The molecule has 2 aromatic heterocycles. The minimum atomic E-state index is -0.619. The second-order valence-electron chi connectivity index (χ2n) is 21.9. The highest BCUT2D eigenvalue weighted by atomic mass is 15.0. The Hall–Kier alpha value is -12.6. The molecule has 0 aliphatic heterocycles. The summed E-state index contributed by atoms with van der Waals surface area (Å²) in [5, 5.41) is 7.76. The molecule has 0 spiro atoms. The van der Waals surface area contributed by atoms with Crippen molar-refractivity contribution >= 4 is 43.1 Å². The maximum Gasteiger partial charge on any atom is 0.164 e. The van der Waals surface area contributed by atoms with Crippen molar-refractivity contribution in [2.45, 2.75) is 0 Å². The minimum Gasteiger partial charge on any atom is -0.208 e. The number of fused-ring (bicyclic) bond motifs is 4. The van der Waals surface area contributed by atoms with E-state index in [1.165, 1.54) is 5.39 Å². The summed E-state index contributed by atoms with van der Waals surface area (Å²) in [4.78, 5) is 27.6. The lowest BCUT2D eigenvalue weighted by molar-refractivity contribution is 1.07. The zero-order valence-electron chi connectivity index (χ0n) is 70.5. The van der Waals surface area contributed by atoms with Gasteiger partial charge in [0, 0.05) is 33.4 Å². The van der Waals surface area contributed by atoms with Crippen molar-refractivity contribution < 1.29 is 28.8 Å². The zero-order chi connectivity index (χ0) is 80.9. The molecule has 6 heteroatoms. The van der Waals surface area contributed by atoms with Crippen LogP contribution in [-0.2, 0) is 0 Å². The lowest BCUT2D eigenvalue weighted by Crippen LogP contribution is -2.00. The first-order chi connectivity index (χ1) is 55.2. The van der Waals surface area contributed by atoms with Gasteiger partial charge in [0.05, 0.1) is 28.8 Å². The Bertz CT molecular complexity index is 6770. The summed E-state index contributed by atoms with van der Waals surface area (Å²) in [5.74, 6) is -0.289. The molecule has 0 N–H and O–H groups in total. The molecule has 0 aliphatic carbocycles. The van der Waals surface area contributed by atoms with Gasteiger partial charge in [-0.2, -0.15) is 0 Å². The zero-order valence-corrected chi connectivity index (χ0v) is 49.5. The predicted molar refractivity (Wildman–Crippen MR) is 389 cm³/mol. The standard InChI is InChI=1S/C47H31N3.C41H27N3/c1-3-10-32(11-4-1)34-18-21-36(22-19-34)46-48-45(35-13-5-2-6-14-35)49-47(50-46)44-17-9-16-38(31-44)39-24-25-43-30-42(27-26-41(43)29-39)40-23-20-33-12-7-8-15-37(33)28-40;1-3-11-29(12-4-1)39-42-40(30-13-5-2-6-14-30)44-41(43-39)38-17-9-16-32(27-38)33-20-21-37-26-36(23-22-35(37)25-33)34-19-18-28-10-7-8-15-31(28)24-34/h1-31H;1-27H/i1D,3D,4D,9D,10D,11D,16D,17D,31D;1D,2D,3D,4D,5D,6D,11D,12D,13D,14D,19D,23D. The van der Waals surface area contributed by atoms with E-state index in [1.807, 2.05) is 133 Å². The molecule has 0 saturated carbocycles. The monoisotopic (exact) mass is 1220 g/mol. The summed E-state index contributed by atoms with van der Waals surface area (Å²) in [6, 6.07) is 61.6. The van der Waals surface area contributed by atoms with E-state index in [0.717, 1.165) is 60.0 Å². The summed E-state index contributed by atoms with van der Waals surface area (Å²) in [6.45, 7) is 0. The average Bonchev–Trinajstić information content (AvgIpc) is 0.749. The molecule has 6 nitrogen and oxygen atoms in total. The Morgan fingerprint density at radius 1 is 0.160 bits per heavy atom. The van der Waals surface area contributed by atoms with Crippen LogP contribution >= 0.6 is 0 Å². The van der Waals surface area contributed by atoms with E-state index >= 15 is 0 Å². The molecule has 0 unspecified atom stereocenters. The Kier molecular flexibility index (Phi) is 10.3. The average molecular weight is 1220 g/mol. The number of hydrogen-bond acceptors (Lipinski definition) is 6. The molecular weight excluding hydrogens is 1140 g/mol. The second-order valence-corrected chi connectivity index (χ2v) is 21.9. The normalized spacial score (nSPS) is 14.3. The van der Waals surface area contributed by atoms with E-state index in [-0.39, 0.29) is 105 Å². The van der Waals surface area contributed by atoms with Gasteiger partial charge < -0.3 is 0 Å². The molecule has 15 aromatic carbocycles. The van der Waals surface area contributed by atoms with Gasteiger partial charge in [-0.1, -0.05) is 303 Å². The van der Waals surface area contributed by atoms with E-state index in [9.17, 15) is 1.37 Å². The predicted octanol–water partition coefficient (Wildman–Crippen LogP) is 22.7. The summed E-state index contributed by atoms with van der Waals surface area (Å²) in [5.41, 5.74) is 6.97. The molecule has 2 heterocycles. The minimum absolute atomic E-state index is 0.0193. The fourth-order valence-electron chi connectivity index (χ4n) is 11.2. The van der Waals surface area contributed by atoms with E-state index in [4.69, 9.17) is 42.4 Å². The van der Waals surface area contributed by atoms with Crippen molar-refractivity contribution in [1.29, 1.82) is 0 Å². The van der Waals surface area contributed by atoms with E-state index in [0.29, 0.717) is 45.0 Å². The van der Waals surface area contributed by atoms with Crippen LogP contribution in [0.4, 0.5) is 0 Å². The smallest absolute Gasteiger partial charge is 0.164 e. The number of aromatic nitrogens is 6. The number of hydrogen-bond donors (Lipinski definition) is 0. The first kappa shape index (κ1) is 38.1. The highest BCUT2D eigenvalue weighted by molar-refractivity contribution is 5.95. The van der Waals surface area contributed by atoms with Crippen LogP contribution in [-0.4, -0.2) is 29.9 Å². The molecule has 17 aromatic rings. The summed E-state index contributed by atoms with van der Waals surface area (Å²) in [6.07, 6.45) is 0. The topological polar surface area (TPSA) is 77.3 Å². The third-order valence-electron chi connectivity index (χ3n) is 15.9. The van der Waals surface area contributed by atoms with Gasteiger partial charge in [0.1, 0.15) is 0 Å². The van der Waals surface area contributed by atoms with E-state index < -0.39 is 78.6 Å². The van der Waals surface area contributed by atoms with Crippen molar-refractivity contribution in [1.82, 2.24) is 29.9 Å². The lowest BCUT2D eigenvalue weighted by atomic mass is 9.96. The molecule has 0 radical (unpaired) electrons. The summed E-state index contributed by atoms with van der Waals surface area (Å²) < 4.78 is 178. The van der Waals surface area contributed by atoms with Crippen molar-refractivity contribution in [2.75, 3.05) is 0 Å². The van der Waals surface area contributed by atoms with Gasteiger partial charge in [-0.25, -0.2) is 29.9 Å². The Labute approximate surface area is 575 Å². The maximum absolute atomic E-state index is 9.48. The van der Waals surface area contributed by atoms with Crippen molar-refractivity contribution in [2.24, 2.45) is 0 Å². The molecule has 0 atom stereocenters. The van der Waals surface area contributed by atoms with E-state index in [2.05, 4.69) is 51.4 Å². The molecule has 0 fully saturated rings. The van der Waals surface area contributed by atoms with Gasteiger partial charge in [0.2, 0.25) is 0 Å². The van der Waals surface area contributed by atoms with Crippen molar-refractivity contribution in [3.05, 3.63) is 351 Å². The molecular formula is C88H58N6. The highest BCUT2D eigenvalue weighted by Crippen LogP contribution is 2.36. The summed E-state index contributed by atoms with van der Waals surface area (Å²) >= 11 is 0. The fourth-order valence-corrected chi connectivity index (χ4v) is 11.2. The van der Waals surface area contributed by atoms with Gasteiger partial charge in [-0.15, -0.1) is 0 Å². The van der Waals surface area contributed by atoms with Crippen LogP contribution in [0.3, 0.4) is 0 Å². The fraction of sp³-hybridized carbons (Fsp3) is 0. The van der Waals surface area contributed by atoms with Crippen LogP contribution in [0.1, 0.15) is 28.8 Å². The number of nitrogens with zero attached hydrogens (tertiary/aromatic N) is 6. The second kappa shape index (κ2) is 25.3. The lowest BCUT2D eigenvalue weighted by Gasteiger charge is -2.11. The summed E-state index contributed by atoms with van der Waals surface area (Å²) in [7, 11) is 0. The van der Waals surface area contributed by atoms with Crippen LogP contribution in [0.2, 0.25) is 0 Å². The molecule has 17 rings (SSSR count). The van der Waals surface area contributed by atoms with Crippen LogP contribution in [0, 0.1) is 0 Å². The van der Waals surface area contributed by atoms with Gasteiger partial charge in [0.25, 0.3) is 0 Å². The third kappa shape index (κ3) is 12.0. The van der Waals surface area contributed by atoms with Gasteiger partial charge in [-0.3, -0.25) is 0 Å². The third-order valence-corrected chi connectivity index (χ3v) is 15.9. The Morgan fingerprint density at radius 2 is 0.468 bits per heavy atom. The Morgan fingerprint density at radius 3 is 1.00 bits per heavy atom.